The molecule has 0 spiro atoms. The van der Waals surface area contributed by atoms with Gasteiger partial charge < -0.3 is 63.9 Å². The lowest BCUT2D eigenvalue weighted by Gasteiger charge is -2.22. The van der Waals surface area contributed by atoms with Crippen LogP contribution in [0.3, 0.4) is 0 Å². The van der Waals surface area contributed by atoms with Crippen molar-refractivity contribution in [3.8, 4) is 5.75 Å². The summed E-state index contributed by atoms with van der Waals surface area (Å²) in [5.74, 6) is -20.0. The third-order valence-corrected chi connectivity index (χ3v) is 9.07. The molecule has 0 fully saturated rings. The molecule has 0 radical (unpaired) electrons. The molecule has 3 atom stereocenters. The number of carbonyl (C=O) groups is 7. The first-order valence-corrected chi connectivity index (χ1v) is 21.6. The van der Waals surface area contributed by atoms with Crippen LogP contribution in [0.5, 0.6) is 5.75 Å². The van der Waals surface area contributed by atoms with Crippen molar-refractivity contribution < 1.29 is 98.1 Å². The zero-order chi connectivity index (χ0) is 50.3. The lowest BCUT2D eigenvalue weighted by atomic mass is 10.1. The Bertz CT molecular complexity index is 1770. The minimum Gasteiger partial charge on any atom is -0.418 e. The fraction of sp³-hybridized carbons (Fsp3) is 0.643. The van der Waals surface area contributed by atoms with Crippen LogP contribution in [-0.2, 0) is 71.5 Å². The molecule has 1 heterocycles. The standard InChI is InChI=1S/C42H60F5N5O16/c1-27(40(57)50-28(2)42(59)68-39-37(46)35(44)34(43)36(45)38(39)47)49-41(58)29(51-31(54)5-4-11-52-32(55)8-9-33(52)56)6-7-30(53)48-10-12-61-15-16-63-19-20-65-23-24-67-26-25-66-22-21-64-18-17-62-14-13-60-3/h8-9,27-29H,4-7,10-26H2,1-3H3,(H,48,53)(H,49,58)(H,50,57)(H,51,54). The summed E-state index contributed by atoms with van der Waals surface area (Å²) >= 11 is 0. The molecule has 68 heavy (non-hydrogen) atoms. The minimum absolute atomic E-state index is 0.0229. The van der Waals surface area contributed by atoms with E-state index in [-0.39, 0.29) is 58.6 Å². The van der Waals surface area contributed by atoms with E-state index >= 15 is 0 Å². The van der Waals surface area contributed by atoms with Crippen molar-refractivity contribution in [2.75, 3.05) is 119 Å². The maximum Gasteiger partial charge on any atom is 0.333 e. The number of esters is 1. The van der Waals surface area contributed by atoms with Gasteiger partial charge in [0.1, 0.15) is 18.1 Å². The molecule has 1 aromatic carbocycles. The number of benzene rings is 1. The SMILES string of the molecule is COCCOCCOCCOCCOCCOCCOCCOCCNC(=O)CCC(NC(=O)CCCN1C(=O)C=CC1=O)C(=O)NC(C)C(=O)NC(C)C(=O)Oc1c(F)c(F)c(F)c(F)c1F. The van der Waals surface area contributed by atoms with E-state index in [1.807, 2.05) is 0 Å². The molecular weight excluding hydrogens is 925 g/mol. The fourth-order valence-electron chi connectivity index (χ4n) is 5.41. The van der Waals surface area contributed by atoms with E-state index in [0.717, 1.165) is 30.9 Å². The van der Waals surface area contributed by atoms with Crippen molar-refractivity contribution in [2.45, 2.75) is 57.7 Å². The molecule has 0 bridgehead atoms. The third kappa shape index (κ3) is 23.2. The molecule has 21 nitrogen and oxygen atoms in total. The number of rotatable bonds is 38. The second-order valence-corrected chi connectivity index (χ2v) is 14.3. The number of nitrogens with one attached hydrogen (secondary N) is 4. The highest BCUT2D eigenvalue weighted by molar-refractivity contribution is 6.12. The summed E-state index contributed by atoms with van der Waals surface area (Å²) in [6.45, 7) is 7.86. The number of carbonyl (C=O) groups excluding carboxylic acids is 7. The monoisotopic (exact) mass is 985 g/mol. The number of amides is 6. The van der Waals surface area contributed by atoms with Gasteiger partial charge in [-0.25, -0.2) is 18.0 Å². The van der Waals surface area contributed by atoms with E-state index in [0.29, 0.717) is 79.3 Å². The predicted octanol–water partition coefficient (Wildman–Crippen LogP) is 0.146. The Labute approximate surface area is 389 Å². The molecule has 0 aromatic heterocycles. The van der Waals surface area contributed by atoms with Crippen LogP contribution in [0.2, 0.25) is 0 Å². The van der Waals surface area contributed by atoms with Gasteiger partial charge in [0.25, 0.3) is 11.8 Å². The van der Waals surface area contributed by atoms with Crippen LogP contribution in [0, 0.1) is 29.1 Å². The number of ether oxygens (including phenoxy) is 9. The Hall–Kier alpha value is -5.22. The number of hydrogen-bond acceptors (Lipinski definition) is 16. The van der Waals surface area contributed by atoms with Crippen LogP contribution >= 0.6 is 0 Å². The molecule has 6 amide bonds. The van der Waals surface area contributed by atoms with E-state index in [2.05, 4.69) is 26.0 Å². The fourth-order valence-corrected chi connectivity index (χ4v) is 5.41. The summed E-state index contributed by atoms with van der Waals surface area (Å²) in [5, 5.41) is 9.39. The van der Waals surface area contributed by atoms with Gasteiger partial charge in [-0.2, -0.15) is 8.78 Å². The van der Waals surface area contributed by atoms with Gasteiger partial charge in [-0.3, -0.25) is 33.7 Å². The summed E-state index contributed by atoms with van der Waals surface area (Å²) in [6, 6.07) is -4.63. The van der Waals surface area contributed by atoms with Crippen LogP contribution in [0.1, 0.15) is 39.5 Å². The molecule has 4 N–H and O–H groups in total. The van der Waals surface area contributed by atoms with Crippen LogP contribution in [0.25, 0.3) is 0 Å². The maximum absolute atomic E-state index is 14.0. The largest absolute Gasteiger partial charge is 0.418 e. The number of methoxy groups -OCH3 is 1. The van der Waals surface area contributed by atoms with Gasteiger partial charge in [0.15, 0.2) is 0 Å². The summed E-state index contributed by atoms with van der Waals surface area (Å²) in [4.78, 5) is 88.6. The topological polar surface area (TPSA) is 254 Å². The zero-order valence-electron chi connectivity index (χ0n) is 38.1. The van der Waals surface area contributed by atoms with Crippen LogP contribution in [0.15, 0.2) is 12.2 Å². The summed E-state index contributed by atoms with van der Waals surface area (Å²) < 4.78 is 116. The van der Waals surface area contributed by atoms with E-state index in [9.17, 15) is 55.5 Å². The maximum atomic E-state index is 14.0. The lowest BCUT2D eigenvalue weighted by molar-refractivity contribution is -0.140. The van der Waals surface area contributed by atoms with Gasteiger partial charge in [-0.15, -0.1) is 0 Å². The Balaban J connectivity index is 1.69. The highest BCUT2D eigenvalue weighted by atomic mass is 19.2. The van der Waals surface area contributed by atoms with Crippen molar-refractivity contribution in [1.82, 2.24) is 26.2 Å². The summed E-state index contributed by atoms with van der Waals surface area (Å²) in [5.41, 5.74) is 0. The average Bonchev–Trinajstić information content (AvgIpc) is 3.64. The van der Waals surface area contributed by atoms with E-state index in [1.165, 1.54) is 0 Å². The van der Waals surface area contributed by atoms with Gasteiger partial charge in [0, 0.05) is 45.2 Å². The second-order valence-electron chi connectivity index (χ2n) is 14.3. The van der Waals surface area contributed by atoms with E-state index < -0.39 is 94.4 Å². The highest BCUT2D eigenvalue weighted by Gasteiger charge is 2.32. The number of hydrogen-bond donors (Lipinski definition) is 4. The van der Waals surface area contributed by atoms with E-state index in [4.69, 9.17) is 37.9 Å². The molecule has 384 valence electrons. The molecule has 1 aliphatic rings. The molecule has 3 unspecified atom stereocenters. The van der Waals surface area contributed by atoms with Crippen molar-refractivity contribution in [2.24, 2.45) is 0 Å². The van der Waals surface area contributed by atoms with Crippen LogP contribution in [-0.4, -0.2) is 184 Å². The van der Waals surface area contributed by atoms with Gasteiger partial charge in [-0.05, 0) is 26.7 Å². The van der Waals surface area contributed by atoms with Crippen molar-refractivity contribution in [1.29, 1.82) is 0 Å². The molecule has 26 heteroatoms. The second kappa shape index (κ2) is 34.1. The smallest absolute Gasteiger partial charge is 0.333 e. The first kappa shape index (κ1) is 58.9. The average molecular weight is 986 g/mol. The zero-order valence-corrected chi connectivity index (χ0v) is 38.1. The van der Waals surface area contributed by atoms with E-state index in [1.54, 1.807) is 7.11 Å². The molecule has 0 saturated carbocycles. The Morgan fingerprint density at radius 1 is 0.544 bits per heavy atom. The Morgan fingerprint density at radius 2 is 0.971 bits per heavy atom. The molecule has 0 aliphatic carbocycles. The van der Waals surface area contributed by atoms with Crippen molar-refractivity contribution in [3.63, 3.8) is 0 Å². The third-order valence-electron chi connectivity index (χ3n) is 9.07. The number of nitrogens with zero attached hydrogens (tertiary/aromatic N) is 1. The Kier molecular flexibility index (Phi) is 29.6. The van der Waals surface area contributed by atoms with Gasteiger partial charge >= 0.3 is 5.97 Å². The van der Waals surface area contributed by atoms with Crippen LogP contribution < -0.4 is 26.0 Å². The molecule has 0 saturated heterocycles. The molecule has 1 aliphatic heterocycles. The van der Waals surface area contributed by atoms with Gasteiger partial charge in [0.2, 0.25) is 58.5 Å². The van der Waals surface area contributed by atoms with Crippen LogP contribution in [0.4, 0.5) is 22.0 Å². The molecule has 2 rings (SSSR count). The number of halogens is 5. The first-order valence-electron chi connectivity index (χ1n) is 21.6. The first-order chi connectivity index (χ1) is 32.6. The molecular formula is C42H60F5N5O16. The van der Waals surface area contributed by atoms with Gasteiger partial charge in [0.05, 0.1) is 99.1 Å². The normalized spacial score (nSPS) is 13.6. The highest BCUT2D eigenvalue weighted by Crippen LogP contribution is 2.29. The predicted molar refractivity (Wildman–Crippen MR) is 224 cm³/mol. The number of imide groups is 1. The van der Waals surface area contributed by atoms with Crippen molar-refractivity contribution in [3.05, 3.63) is 41.2 Å². The quantitative estimate of drug-likeness (QED) is 0.0131. The Morgan fingerprint density at radius 3 is 1.44 bits per heavy atom. The lowest BCUT2D eigenvalue weighted by Crippen LogP contribution is -2.54. The van der Waals surface area contributed by atoms with Crippen molar-refractivity contribution >= 4 is 41.4 Å². The summed E-state index contributed by atoms with van der Waals surface area (Å²) in [7, 11) is 1.61. The summed E-state index contributed by atoms with van der Waals surface area (Å²) in [6.07, 6.45) is 1.34. The minimum atomic E-state index is -2.48. The van der Waals surface area contributed by atoms with Gasteiger partial charge in [-0.1, -0.05) is 0 Å². The molecule has 1 aromatic rings.